The number of nitrogens with zero attached hydrogens (tertiary/aromatic N) is 4. The lowest BCUT2D eigenvalue weighted by Crippen LogP contribution is -2.48. The molecule has 2 fully saturated rings. The van der Waals surface area contributed by atoms with Gasteiger partial charge in [-0.15, -0.1) is 0 Å². The van der Waals surface area contributed by atoms with Gasteiger partial charge in [-0.05, 0) is 57.4 Å². The van der Waals surface area contributed by atoms with Crippen molar-refractivity contribution in [1.29, 1.82) is 0 Å². The van der Waals surface area contributed by atoms with Crippen molar-refractivity contribution in [3.05, 3.63) is 53.4 Å². The fourth-order valence-corrected chi connectivity index (χ4v) is 4.91. The van der Waals surface area contributed by atoms with Crippen LogP contribution in [0.2, 0.25) is 0 Å². The van der Waals surface area contributed by atoms with Gasteiger partial charge in [-0.25, -0.2) is 0 Å². The minimum absolute atomic E-state index is 0.318. The van der Waals surface area contributed by atoms with E-state index in [-0.39, 0.29) is 0 Å². The number of hydrogen-bond acceptors (Lipinski definition) is 6. The van der Waals surface area contributed by atoms with Gasteiger partial charge >= 0.3 is 0 Å². The van der Waals surface area contributed by atoms with Crippen molar-refractivity contribution in [2.75, 3.05) is 53.4 Å². The Kier molecular flexibility index (Phi) is 7.95. The zero-order valence-corrected chi connectivity index (χ0v) is 19.5. The summed E-state index contributed by atoms with van der Waals surface area (Å²) < 4.78 is 5.64. The number of carbonyl (C=O) groups excluding carboxylic acids is 1. The van der Waals surface area contributed by atoms with E-state index in [4.69, 9.17) is 4.52 Å². The second-order valence-electron chi connectivity index (χ2n) is 9.55. The van der Waals surface area contributed by atoms with Crippen LogP contribution in [0.3, 0.4) is 0 Å². The first-order chi connectivity index (χ1) is 15.6. The van der Waals surface area contributed by atoms with E-state index in [0.717, 1.165) is 76.7 Å². The molecule has 2 aliphatic heterocycles. The molecule has 7 heteroatoms. The van der Waals surface area contributed by atoms with E-state index in [1.54, 1.807) is 0 Å². The van der Waals surface area contributed by atoms with E-state index >= 15 is 0 Å². The van der Waals surface area contributed by atoms with Gasteiger partial charge in [-0.1, -0.05) is 35.5 Å². The van der Waals surface area contributed by atoms with Gasteiger partial charge in [0.05, 0.1) is 12.2 Å². The van der Waals surface area contributed by atoms with E-state index in [1.165, 1.54) is 5.56 Å². The van der Waals surface area contributed by atoms with Gasteiger partial charge in [0.2, 0.25) is 5.91 Å². The molecule has 32 heavy (non-hydrogen) atoms. The lowest BCUT2D eigenvalue weighted by atomic mass is 9.81. The predicted molar refractivity (Wildman–Crippen MR) is 125 cm³/mol. The van der Waals surface area contributed by atoms with Crippen LogP contribution < -0.4 is 5.32 Å². The van der Waals surface area contributed by atoms with Crippen LogP contribution in [0.5, 0.6) is 0 Å². The second kappa shape index (κ2) is 11.1. The predicted octanol–water partition coefficient (Wildman–Crippen LogP) is 2.24. The molecule has 1 N–H and O–H groups in total. The van der Waals surface area contributed by atoms with Crippen LogP contribution in [0.4, 0.5) is 0 Å². The summed E-state index contributed by atoms with van der Waals surface area (Å²) in [5.41, 5.74) is 2.29. The quantitative estimate of drug-likeness (QED) is 0.681. The summed E-state index contributed by atoms with van der Waals surface area (Å²) in [5.74, 6) is 2.04. The molecule has 0 radical (unpaired) electrons. The first kappa shape index (κ1) is 23.0. The van der Waals surface area contributed by atoms with Crippen molar-refractivity contribution < 1.29 is 9.32 Å². The smallest absolute Gasteiger partial charge is 0.222 e. The van der Waals surface area contributed by atoms with Crippen LogP contribution in [-0.2, 0) is 24.3 Å². The number of amides is 1. The molecule has 174 valence electrons. The van der Waals surface area contributed by atoms with Gasteiger partial charge in [0.15, 0.2) is 5.76 Å². The highest BCUT2D eigenvalue weighted by atomic mass is 16.5. The van der Waals surface area contributed by atoms with Crippen molar-refractivity contribution in [1.82, 2.24) is 25.2 Å². The van der Waals surface area contributed by atoms with Crippen molar-refractivity contribution in [3.8, 4) is 0 Å². The van der Waals surface area contributed by atoms with Gasteiger partial charge in [0.1, 0.15) is 0 Å². The standard InChI is InChI=1S/C25H37N5O2/c1-28-10-12-30(13-11-28)25(31)15-21-8-9-26-17-22(21)14-23-16-24(32-27-23)19-29(2)18-20-6-4-3-5-7-20/h3-7,16,21-22,26H,8-15,17-19H2,1-2H3/t21-,22+/m1/s1. The molecular weight excluding hydrogens is 402 g/mol. The van der Waals surface area contributed by atoms with Gasteiger partial charge in [-0.2, -0.15) is 0 Å². The SMILES string of the molecule is CN1CCN(C(=O)C[C@H]2CCNC[C@@H]2Cc2cc(CN(C)Cc3ccccc3)on2)CC1. The lowest BCUT2D eigenvalue weighted by molar-refractivity contribution is -0.134. The summed E-state index contributed by atoms with van der Waals surface area (Å²) in [6.07, 6.45) is 2.56. The van der Waals surface area contributed by atoms with Crippen LogP contribution in [0, 0.1) is 11.8 Å². The molecule has 2 aromatic rings. The molecule has 3 heterocycles. The Morgan fingerprint density at radius 3 is 2.72 bits per heavy atom. The van der Waals surface area contributed by atoms with Crippen molar-refractivity contribution >= 4 is 5.91 Å². The number of rotatable bonds is 8. The number of piperidine rings is 1. The monoisotopic (exact) mass is 439 g/mol. The van der Waals surface area contributed by atoms with E-state index in [2.05, 4.69) is 69.6 Å². The average molecular weight is 440 g/mol. The van der Waals surface area contributed by atoms with Gasteiger partial charge in [0, 0.05) is 45.2 Å². The van der Waals surface area contributed by atoms with Crippen LogP contribution >= 0.6 is 0 Å². The lowest BCUT2D eigenvalue weighted by Gasteiger charge is -2.36. The van der Waals surface area contributed by atoms with E-state index in [1.807, 2.05) is 6.07 Å². The zero-order chi connectivity index (χ0) is 22.3. The molecule has 1 amide bonds. The number of hydrogen-bond donors (Lipinski definition) is 1. The zero-order valence-electron chi connectivity index (χ0n) is 19.5. The number of carbonyl (C=O) groups is 1. The summed E-state index contributed by atoms with van der Waals surface area (Å²) in [4.78, 5) is 19.5. The Morgan fingerprint density at radius 1 is 1.16 bits per heavy atom. The minimum atomic E-state index is 0.318. The molecule has 0 unspecified atom stereocenters. The van der Waals surface area contributed by atoms with Crippen molar-refractivity contribution in [2.24, 2.45) is 11.8 Å². The third-order valence-electron chi connectivity index (χ3n) is 6.86. The Morgan fingerprint density at radius 2 is 1.94 bits per heavy atom. The summed E-state index contributed by atoms with van der Waals surface area (Å²) >= 11 is 0. The van der Waals surface area contributed by atoms with E-state index in [0.29, 0.717) is 24.2 Å². The molecule has 2 saturated heterocycles. The highest BCUT2D eigenvalue weighted by Gasteiger charge is 2.30. The van der Waals surface area contributed by atoms with Crippen LogP contribution in [0.25, 0.3) is 0 Å². The molecule has 2 atom stereocenters. The average Bonchev–Trinajstić information content (AvgIpc) is 3.22. The maximum atomic E-state index is 12.9. The van der Waals surface area contributed by atoms with E-state index < -0.39 is 0 Å². The third-order valence-corrected chi connectivity index (χ3v) is 6.86. The third kappa shape index (κ3) is 6.40. The molecule has 1 aromatic carbocycles. The topological polar surface area (TPSA) is 64.8 Å². The van der Waals surface area contributed by atoms with Crippen molar-refractivity contribution in [2.45, 2.75) is 32.4 Å². The van der Waals surface area contributed by atoms with Gasteiger partial charge < -0.3 is 19.6 Å². The Balaban J connectivity index is 1.29. The van der Waals surface area contributed by atoms with Crippen LogP contribution in [0.15, 0.2) is 40.9 Å². The Labute approximate surface area is 191 Å². The maximum Gasteiger partial charge on any atom is 0.222 e. The number of aromatic nitrogens is 1. The molecular formula is C25H37N5O2. The normalized spacial score (nSPS) is 22.4. The first-order valence-electron chi connectivity index (χ1n) is 11.9. The molecule has 1 aromatic heterocycles. The van der Waals surface area contributed by atoms with Crippen LogP contribution in [-0.4, -0.2) is 79.1 Å². The summed E-state index contributed by atoms with van der Waals surface area (Å²) in [7, 11) is 4.22. The summed E-state index contributed by atoms with van der Waals surface area (Å²) in [6.45, 7) is 7.20. The summed E-state index contributed by atoms with van der Waals surface area (Å²) in [6, 6.07) is 12.6. The number of nitrogens with one attached hydrogen (secondary N) is 1. The highest BCUT2D eigenvalue weighted by molar-refractivity contribution is 5.76. The minimum Gasteiger partial charge on any atom is -0.360 e. The summed E-state index contributed by atoms with van der Waals surface area (Å²) in [5, 5.41) is 7.86. The highest BCUT2D eigenvalue weighted by Crippen LogP contribution is 2.27. The molecule has 0 bridgehead atoms. The molecule has 4 rings (SSSR count). The van der Waals surface area contributed by atoms with Crippen LogP contribution in [0.1, 0.15) is 29.9 Å². The first-order valence-corrected chi connectivity index (χ1v) is 11.9. The van der Waals surface area contributed by atoms with E-state index in [9.17, 15) is 4.79 Å². The number of likely N-dealkylation sites (N-methyl/N-ethyl adjacent to an activating group) is 1. The Hall–Kier alpha value is -2.22. The second-order valence-corrected chi connectivity index (χ2v) is 9.55. The molecule has 7 nitrogen and oxygen atoms in total. The fraction of sp³-hybridized carbons (Fsp3) is 0.600. The number of benzene rings is 1. The molecule has 0 saturated carbocycles. The van der Waals surface area contributed by atoms with Gasteiger partial charge in [-0.3, -0.25) is 9.69 Å². The largest absolute Gasteiger partial charge is 0.360 e. The molecule has 0 aliphatic carbocycles. The Bertz CT molecular complexity index is 847. The fourth-order valence-electron chi connectivity index (χ4n) is 4.91. The number of piperazine rings is 1. The molecule has 2 aliphatic rings. The van der Waals surface area contributed by atoms with Crippen molar-refractivity contribution in [3.63, 3.8) is 0 Å². The van der Waals surface area contributed by atoms with Gasteiger partial charge in [0.25, 0.3) is 0 Å². The molecule has 0 spiro atoms. The maximum absolute atomic E-state index is 12.9.